The van der Waals surface area contributed by atoms with E-state index in [1.54, 1.807) is 6.07 Å². The molecule has 1 fully saturated rings. The molecule has 1 saturated carbocycles. The molecule has 0 bridgehead atoms. The molecule has 160 valence electrons. The van der Waals surface area contributed by atoms with Crippen LogP contribution in [-0.2, 0) is 9.53 Å². The number of anilines is 2. The minimum Gasteiger partial charge on any atom is -0.486 e. The molecule has 1 aliphatic heterocycles. The summed E-state index contributed by atoms with van der Waals surface area (Å²) in [6.07, 6.45) is -4.20. The number of fused-ring (bicyclic) bond motifs is 1. The Morgan fingerprint density at radius 3 is 2.62 bits per heavy atom. The van der Waals surface area contributed by atoms with Crippen LogP contribution in [0.15, 0.2) is 18.2 Å². The quantitative estimate of drug-likeness (QED) is 0.642. The maximum absolute atomic E-state index is 12.8. The zero-order chi connectivity index (χ0) is 21.4. The fourth-order valence-corrected chi connectivity index (χ4v) is 3.26. The number of amides is 1. The Bertz CT molecular complexity index is 793. The second kappa shape index (κ2) is 7.64. The van der Waals surface area contributed by atoms with E-state index in [9.17, 15) is 22.8 Å². The van der Waals surface area contributed by atoms with Gasteiger partial charge in [-0.25, -0.2) is 4.79 Å². The Hall–Kier alpha value is -2.65. The lowest BCUT2D eigenvalue weighted by molar-refractivity contribution is -0.242. The molecule has 0 saturated heterocycles. The first-order chi connectivity index (χ1) is 13.5. The molecule has 7 nitrogen and oxygen atoms in total. The Morgan fingerprint density at radius 2 is 2.03 bits per heavy atom. The average Bonchev–Trinajstić information content (AvgIpc) is 3.42. The van der Waals surface area contributed by atoms with Gasteiger partial charge in [0, 0.05) is 11.6 Å². The van der Waals surface area contributed by atoms with Crippen molar-refractivity contribution in [3.8, 4) is 5.75 Å². The standard InChI is InChI=1S/C19H23F3N2O5/c1-18(2,19(20,21)22)29-17(27)24-11-5-6-14-13(7-11)23-9-15(28-14)12(8-16(25)26)10-3-4-10/h5-7,10,12,15,23H,3-4,8-9H2,1-2H3,(H,24,27)(H,25,26). The summed E-state index contributed by atoms with van der Waals surface area (Å²) in [7, 11) is 0. The molecule has 10 heteroatoms. The van der Waals surface area contributed by atoms with Crippen molar-refractivity contribution < 1.29 is 37.3 Å². The van der Waals surface area contributed by atoms with Crippen molar-refractivity contribution in [2.24, 2.45) is 11.8 Å². The van der Waals surface area contributed by atoms with E-state index in [4.69, 9.17) is 9.84 Å². The highest BCUT2D eigenvalue weighted by molar-refractivity contribution is 5.86. The topological polar surface area (TPSA) is 96.9 Å². The van der Waals surface area contributed by atoms with Crippen LogP contribution >= 0.6 is 0 Å². The molecular formula is C19H23F3N2O5. The predicted octanol–water partition coefficient (Wildman–Crippen LogP) is 4.25. The molecule has 0 spiro atoms. The number of carbonyl (C=O) groups excluding carboxylic acids is 1. The first-order valence-electron chi connectivity index (χ1n) is 9.29. The van der Waals surface area contributed by atoms with E-state index in [0.29, 0.717) is 23.9 Å². The summed E-state index contributed by atoms with van der Waals surface area (Å²) in [4.78, 5) is 23.0. The van der Waals surface area contributed by atoms with E-state index in [2.05, 4.69) is 15.4 Å². The summed E-state index contributed by atoms with van der Waals surface area (Å²) >= 11 is 0. The lowest BCUT2D eigenvalue weighted by Crippen LogP contribution is -2.44. The highest BCUT2D eigenvalue weighted by atomic mass is 19.4. The van der Waals surface area contributed by atoms with Crippen molar-refractivity contribution in [3.05, 3.63) is 18.2 Å². The molecule has 2 unspecified atom stereocenters. The maximum Gasteiger partial charge on any atom is 0.427 e. The Balaban J connectivity index is 1.64. The van der Waals surface area contributed by atoms with E-state index in [0.717, 1.165) is 26.7 Å². The van der Waals surface area contributed by atoms with Crippen LogP contribution in [0.4, 0.5) is 29.3 Å². The molecule has 2 atom stereocenters. The molecule has 1 heterocycles. The third-order valence-electron chi connectivity index (χ3n) is 5.14. The zero-order valence-corrected chi connectivity index (χ0v) is 16.0. The number of hydrogen-bond donors (Lipinski definition) is 3. The van der Waals surface area contributed by atoms with Gasteiger partial charge in [0.25, 0.3) is 0 Å². The number of carbonyl (C=O) groups is 2. The van der Waals surface area contributed by atoms with Gasteiger partial charge in [0.05, 0.1) is 18.7 Å². The number of halogens is 3. The van der Waals surface area contributed by atoms with Gasteiger partial charge in [0.15, 0.2) is 0 Å². The molecule has 1 amide bonds. The van der Waals surface area contributed by atoms with Crippen LogP contribution in [0.2, 0.25) is 0 Å². The fraction of sp³-hybridized carbons (Fsp3) is 0.579. The number of ether oxygens (including phenoxy) is 2. The third-order valence-corrected chi connectivity index (χ3v) is 5.14. The number of rotatable bonds is 6. The predicted molar refractivity (Wildman–Crippen MR) is 98.1 cm³/mol. The molecule has 2 aliphatic rings. The van der Waals surface area contributed by atoms with Crippen LogP contribution in [0.5, 0.6) is 5.75 Å². The fourth-order valence-electron chi connectivity index (χ4n) is 3.26. The van der Waals surface area contributed by atoms with Gasteiger partial charge in [0.2, 0.25) is 5.60 Å². The van der Waals surface area contributed by atoms with Crippen LogP contribution in [0.25, 0.3) is 0 Å². The number of carboxylic acids is 1. The van der Waals surface area contributed by atoms with Crippen molar-refractivity contribution in [2.45, 2.75) is 51.0 Å². The van der Waals surface area contributed by atoms with Crippen LogP contribution < -0.4 is 15.4 Å². The van der Waals surface area contributed by atoms with E-state index in [1.165, 1.54) is 12.1 Å². The smallest absolute Gasteiger partial charge is 0.427 e. The molecule has 29 heavy (non-hydrogen) atoms. The van der Waals surface area contributed by atoms with Crippen molar-refractivity contribution in [3.63, 3.8) is 0 Å². The summed E-state index contributed by atoms with van der Waals surface area (Å²) in [5.74, 6) is -0.124. The third kappa shape index (κ3) is 5.04. The molecule has 1 aromatic carbocycles. The lowest BCUT2D eigenvalue weighted by Gasteiger charge is -2.33. The summed E-state index contributed by atoms with van der Waals surface area (Å²) in [5.41, 5.74) is -1.83. The van der Waals surface area contributed by atoms with Gasteiger partial charge >= 0.3 is 18.2 Å². The van der Waals surface area contributed by atoms with Gasteiger partial charge in [0.1, 0.15) is 11.9 Å². The molecule has 0 radical (unpaired) electrons. The first-order valence-corrected chi connectivity index (χ1v) is 9.29. The first kappa shape index (κ1) is 21.1. The maximum atomic E-state index is 12.8. The van der Waals surface area contributed by atoms with Crippen LogP contribution in [-0.4, -0.2) is 41.6 Å². The largest absolute Gasteiger partial charge is 0.486 e. The number of nitrogens with one attached hydrogen (secondary N) is 2. The van der Waals surface area contributed by atoms with Crippen LogP contribution in [0, 0.1) is 11.8 Å². The van der Waals surface area contributed by atoms with E-state index < -0.39 is 23.8 Å². The number of aliphatic carboxylic acids is 1. The summed E-state index contributed by atoms with van der Waals surface area (Å²) in [6.45, 7) is 1.93. The Labute approximate surface area is 165 Å². The van der Waals surface area contributed by atoms with Crippen molar-refractivity contribution >= 4 is 23.4 Å². The van der Waals surface area contributed by atoms with Crippen LogP contribution in [0.3, 0.4) is 0 Å². The summed E-state index contributed by atoms with van der Waals surface area (Å²) in [6, 6.07) is 4.58. The van der Waals surface area contributed by atoms with Crippen molar-refractivity contribution in [1.82, 2.24) is 0 Å². The van der Waals surface area contributed by atoms with Crippen LogP contribution in [0.1, 0.15) is 33.1 Å². The minimum atomic E-state index is -4.70. The molecule has 3 rings (SSSR count). The van der Waals surface area contributed by atoms with E-state index in [-0.39, 0.29) is 24.1 Å². The average molecular weight is 416 g/mol. The molecule has 1 aromatic rings. The second-order valence-corrected chi connectivity index (χ2v) is 7.87. The molecule has 3 N–H and O–H groups in total. The molecule has 1 aliphatic carbocycles. The summed E-state index contributed by atoms with van der Waals surface area (Å²) in [5, 5.41) is 14.6. The van der Waals surface area contributed by atoms with E-state index >= 15 is 0 Å². The summed E-state index contributed by atoms with van der Waals surface area (Å²) < 4.78 is 48.9. The van der Waals surface area contributed by atoms with Gasteiger partial charge in [-0.15, -0.1) is 0 Å². The van der Waals surface area contributed by atoms with Gasteiger partial charge in [-0.2, -0.15) is 13.2 Å². The normalized spacial score (nSPS) is 20.0. The Kier molecular flexibility index (Phi) is 5.55. The number of alkyl halides is 3. The SMILES string of the molecule is CC(C)(OC(=O)Nc1ccc2c(c1)NCC(C(CC(=O)O)C1CC1)O2)C(F)(F)F. The second-order valence-electron chi connectivity index (χ2n) is 7.87. The van der Waals surface area contributed by atoms with Gasteiger partial charge in [-0.05, 0) is 50.8 Å². The monoisotopic (exact) mass is 416 g/mol. The lowest BCUT2D eigenvalue weighted by atomic mass is 9.92. The highest BCUT2D eigenvalue weighted by Crippen LogP contribution is 2.43. The number of hydrogen-bond acceptors (Lipinski definition) is 5. The number of benzene rings is 1. The van der Waals surface area contributed by atoms with Crippen molar-refractivity contribution in [2.75, 3.05) is 17.2 Å². The molecular weight excluding hydrogens is 393 g/mol. The zero-order valence-electron chi connectivity index (χ0n) is 16.0. The highest BCUT2D eigenvalue weighted by Gasteiger charge is 2.51. The van der Waals surface area contributed by atoms with Gasteiger partial charge in [-0.1, -0.05) is 0 Å². The Morgan fingerprint density at radius 1 is 1.34 bits per heavy atom. The van der Waals surface area contributed by atoms with Gasteiger partial charge < -0.3 is 19.9 Å². The van der Waals surface area contributed by atoms with Crippen molar-refractivity contribution in [1.29, 1.82) is 0 Å². The van der Waals surface area contributed by atoms with Gasteiger partial charge in [-0.3, -0.25) is 10.1 Å². The molecule has 0 aromatic heterocycles. The number of carboxylic acid groups (broad SMARTS) is 1. The minimum absolute atomic E-state index is 0.0345. The van der Waals surface area contributed by atoms with E-state index in [1.807, 2.05) is 0 Å².